The lowest BCUT2D eigenvalue weighted by Crippen LogP contribution is -2.31. The maximum Gasteiger partial charge on any atom is 0.186 e. The Balaban J connectivity index is 2.89. The van der Waals surface area contributed by atoms with Gasteiger partial charge in [0.05, 0.1) is 0 Å². The average Bonchev–Trinajstić information content (AvgIpc) is 2.17. The minimum atomic E-state index is -1.08. The van der Waals surface area contributed by atoms with Crippen molar-refractivity contribution >= 4 is 23.7 Å². The normalized spacial score (nSPS) is 12.2. The summed E-state index contributed by atoms with van der Waals surface area (Å²) in [5.74, 6) is -0.397. The number of hydrogen-bond donors (Lipinski definition) is 1. The highest BCUT2D eigenvalue weighted by molar-refractivity contribution is 6.30. The summed E-state index contributed by atoms with van der Waals surface area (Å²) < 4.78 is 0. The molecule has 4 heteroatoms. The Kier molecular flexibility index (Phi) is 3.17. The molecular formula is C9H8ClNO2. The molecule has 0 heterocycles. The Hall–Kier alpha value is -1.19. The van der Waals surface area contributed by atoms with Crippen LogP contribution in [0.3, 0.4) is 0 Å². The summed E-state index contributed by atoms with van der Waals surface area (Å²) >= 11 is 5.62. The van der Waals surface area contributed by atoms with Crippen LogP contribution in [0.5, 0.6) is 0 Å². The third kappa shape index (κ3) is 2.37. The number of ketones is 1. The lowest BCUT2D eigenvalue weighted by molar-refractivity contribution is -0.108. The van der Waals surface area contributed by atoms with Crippen LogP contribution in [0, 0.1) is 0 Å². The minimum Gasteiger partial charge on any atom is -0.315 e. The van der Waals surface area contributed by atoms with E-state index in [2.05, 4.69) is 0 Å². The molecule has 0 aliphatic rings. The van der Waals surface area contributed by atoms with Crippen LogP contribution >= 0.6 is 11.6 Å². The van der Waals surface area contributed by atoms with Gasteiger partial charge in [0.15, 0.2) is 5.78 Å². The third-order valence-electron chi connectivity index (χ3n) is 1.58. The fourth-order valence-electron chi connectivity index (χ4n) is 0.868. The fraction of sp³-hybridized carbons (Fsp3) is 0.111. The summed E-state index contributed by atoms with van der Waals surface area (Å²) in [6.07, 6.45) is 0.414. The monoisotopic (exact) mass is 197 g/mol. The number of rotatable bonds is 3. The van der Waals surface area contributed by atoms with E-state index in [9.17, 15) is 9.59 Å². The number of hydrogen-bond acceptors (Lipinski definition) is 3. The molecule has 0 saturated heterocycles. The summed E-state index contributed by atoms with van der Waals surface area (Å²) in [5.41, 5.74) is 5.63. The maximum absolute atomic E-state index is 11.3. The van der Waals surface area contributed by atoms with Crippen molar-refractivity contribution in [2.24, 2.45) is 5.73 Å². The Morgan fingerprint density at radius 3 is 2.38 bits per heavy atom. The molecule has 3 nitrogen and oxygen atoms in total. The van der Waals surface area contributed by atoms with Gasteiger partial charge in [0.2, 0.25) is 0 Å². The molecule has 13 heavy (non-hydrogen) atoms. The Labute approximate surface area is 80.5 Å². The molecule has 0 aromatic heterocycles. The second kappa shape index (κ2) is 4.16. The van der Waals surface area contributed by atoms with Crippen molar-refractivity contribution < 1.29 is 9.59 Å². The SMILES string of the molecule is N[C@H](C=O)C(=O)c1ccc(Cl)cc1. The van der Waals surface area contributed by atoms with Crippen LogP contribution in [0.2, 0.25) is 5.02 Å². The molecule has 0 unspecified atom stereocenters. The second-order valence-corrected chi connectivity index (χ2v) is 2.97. The van der Waals surface area contributed by atoms with E-state index in [0.717, 1.165) is 0 Å². The Morgan fingerprint density at radius 1 is 1.38 bits per heavy atom. The van der Waals surface area contributed by atoms with E-state index < -0.39 is 11.8 Å². The number of carbonyl (C=O) groups excluding carboxylic acids is 2. The van der Waals surface area contributed by atoms with Crippen molar-refractivity contribution in [1.29, 1.82) is 0 Å². The van der Waals surface area contributed by atoms with E-state index in [4.69, 9.17) is 17.3 Å². The van der Waals surface area contributed by atoms with Crippen LogP contribution in [0.15, 0.2) is 24.3 Å². The first-order valence-electron chi connectivity index (χ1n) is 3.66. The smallest absolute Gasteiger partial charge is 0.186 e. The molecule has 0 spiro atoms. The van der Waals surface area contributed by atoms with Gasteiger partial charge in [0, 0.05) is 10.6 Å². The predicted octanol–water partition coefficient (Wildman–Crippen LogP) is 1.05. The van der Waals surface area contributed by atoms with Crippen LogP contribution in [0.4, 0.5) is 0 Å². The number of Topliss-reactive ketones (excluding diaryl/α,β-unsaturated/α-hetero) is 1. The highest BCUT2D eigenvalue weighted by Gasteiger charge is 2.13. The largest absolute Gasteiger partial charge is 0.315 e. The highest BCUT2D eigenvalue weighted by atomic mass is 35.5. The van der Waals surface area contributed by atoms with Crippen molar-refractivity contribution in [3.8, 4) is 0 Å². The molecule has 1 rings (SSSR count). The van der Waals surface area contributed by atoms with Gasteiger partial charge >= 0.3 is 0 Å². The number of carbonyl (C=O) groups is 2. The van der Waals surface area contributed by atoms with Gasteiger partial charge in [-0.1, -0.05) is 11.6 Å². The fourth-order valence-corrected chi connectivity index (χ4v) is 0.994. The Bertz CT molecular complexity index is 321. The molecule has 0 radical (unpaired) electrons. The van der Waals surface area contributed by atoms with Crippen LogP contribution < -0.4 is 5.73 Å². The lowest BCUT2D eigenvalue weighted by Gasteiger charge is -2.02. The summed E-state index contributed by atoms with van der Waals surface area (Å²) in [4.78, 5) is 21.5. The van der Waals surface area contributed by atoms with Crippen LogP contribution in [0.25, 0.3) is 0 Å². The molecule has 0 saturated carbocycles. The van der Waals surface area contributed by atoms with Crippen LogP contribution in [0.1, 0.15) is 10.4 Å². The molecular weight excluding hydrogens is 190 g/mol. The summed E-state index contributed by atoms with van der Waals surface area (Å²) in [5, 5.41) is 0.538. The number of halogens is 1. The average molecular weight is 198 g/mol. The lowest BCUT2D eigenvalue weighted by atomic mass is 10.1. The van der Waals surface area contributed by atoms with E-state index >= 15 is 0 Å². The van der Waals surface area contributed by atoms with Crippen molar-refractivity contribution in [3.63, 3.8) is 0 Å². The maximum atomic E-state index is 11.3. The van der Waals surface area contributed by atoms with Crippen LogP contribution in [-0.4, -0.2) is 18.1 Å². The minimum absolute atomic E-state index is 0.393. The molecule has 1 aromatic rings. The number of benzene rings is 1. The van der Waals surface area contributed by atoms with Crippen molar-refractivity contribution in [2.45, 2.75) is 6.04 Å². The molecule has 0 bridgehead atoms. The number of nitrogens with two attached hydrogens (primary N) is 1. The molecule has 2 N–H and O–H groups in total. The predicted molar refractivity (Wildman–Crippen MR) is 49.8 cm³/mol. The number of aldehydes is 1. The first-order valence-corrected chi connectivity index (χ1v) is 4.03. The topological polar surface area (TPSA) is 60.2 Å². The molecule has 1 aromatic carbocycles. The second-order valence-electron chi connectivity index (χ2n) is 2.53. The molecule has 1 atom stereocenters. The molecule has 68 valence electrons. The highest BCUT2D eigenvalue weighted by Crippen LogP contribution is 2.10. The van der Waals surface area contributed by atoms with Crippen LogP contribution in [-0.2, 0) is 4.79 Å². The standard InChI is InChI=1S/C9H8ClNO2/c10-7-3-1-6(2-4-7)9(13)8(11)5-12/h1-5,8H,11H2/t8-/m1/s1. The summed E-state index contributed by atoms with van der Waals surface area (Å²) in [6, 6.07) is 5.14. The van der Waals surface area contributed by atoms with E-state index in [0.29, 0.717) is 16.9 Å². The first-order chi connectivity index (χ1) is 6.15. The van der Waals surface area contributed by atoms with E-state index in [1.165, 1.54) is 12.1 Å². The molecule has 0 amide bonds. The third-order valence-corrected chi connectivity index (χ3v) is 1.83. The van der Waals surface area contributed by atoms with Gasteiger partial charge in [-0.15, -0.1) is 0 Å². The molecule has 0 aliphatic heterocycles. The molecule has 0 aliphatic carbocycles. The van der Waals surface area contributed by atoms with Gasteiger partial charge in [-0.3, -0.25) is 4.79 Å². The zero-order valence-corrected chi connectivity index (χ0v) is 7.49. The van der Waals surface area contributed by atoms with Crippen molar-refractivity contribution in [2.75, 3.05) is 0 Å². The van der Waals surface area contributed by atoms with Gasteiger partial charge in [0.1, 0.15) is 12.3 Å². The molecule has 0 fully saturated rings. The van der Waals surface area contributed by atoms with Gasteiger partial charge < -0.3 is 10.5 Å². The summed E-state index contributed by atoms with van der Waals surface area (Å²) in [7, 11) is 0. The zero-order chi connectivity index (χ0) is 9.84. The first kappa shape index (κ1) is 9.89. The Morgan fingerprint density at radius 2 is 1.92 bits per heavy atom. The van der Waals surface area contributed by atoms with E-state index in [1.807, 2.05) is 0 Å². The van der Waals surface area contributed by atoms with Gasteiger partial charge in [-0.05, 0) is 24.3 Å². The van der Waals surface area contributed by atoms with Gasteiger partial charge in [-0.25, -0.2) is 0 Å². The van der Waals surface area contributed by atoms with Gasteiger partial charge in [-0.2, -0.15) is 0 Å². The zero-order valence-electron chi connectivity index (χ0n) is 6.74. The van der Waals surface area contributed by atoms with E-state index in [-0.39, 0.29) is 0 Å². The quantitative estimate of drug-likeness (QED) is 0.448. The van der Waals surface area contributed by atoms with Gasteiger partial charge in [0.25, 0.3) is 0 Å². The van der Waals surface area contributed by atoms with E-state index in [1.54, 1.807) is 12.1 Å². The van der Waals surface area contributed by atoms with Crippen molar-refractivity contribution in [1.82, 2.24) is 0 Å². The van der Waals surface area contributed by atoms with Crippen molar-refractivity contribution in [3.05, 3.63) is 34.9 Å². The summed E-state index contributed by atoms with van der Waals surface area (Å²) in [6.45, 7) is 0.